The van der Waals surface area contributed by atoms with Gasteiger partial charge in [-0.15, -0.1) is 0 Å². The van der Waals surface area contributed by atoms with Crippen LogP contribution in [0.4, 0.5) is 0 Å². The highest BCUT2D eigenvalue weighted by molar-refractivity contribution is 5.94. The van der Waals surface area contributed by atoms with Crippen molar-refractivity contribution in [2.24, 2.45) is 0 Å². The van der Waals surface area contributed by atoms with Crippen LogP contribution in [-0.4, -0.2) is 56.4 Å². The van der Waals surface area contributed by atoms with E-state index >= 15 is 0 Å². The van der Waals surface area contributed by atoms with E-state index in [9.17, 15) is 9.90 Å². The van der Waals surface area contributed by atoms with Gasteiger partial charge in [0.2, 0.25) is 0 Å². The van der Waals surface area contributed by atoms with Crippen LogP contribution in [0.25, 0.3) is 0 Å². The van der Waals surface area contributed by atoms with Crippen LogP contribution in [0.2, 0.25) is 0 Å². The zero-order valence-corrected chi connectivity index (χ0v) is 11.6. The second kappa shape index (κ2) is 7.89. The third-order valence-electron chi connectivity index (χ3n) is 2.70. The SMILES string of the molecule is COCc1ccc(C(=O)N(C)CC(O)COC)cc1. The molecular formula is C14H21NO4. The highest BCUT2D eigenvalue weighted by Crippen LogP contribution is 2.08. The van der Waals surface area contributed by atoms with E-state index in [4.69, 9.17) is 9.47 Å². The van der Waals surface area contributed by atoms with Crippen molar-refractivity contribution in [1.29, 1.82) is 0 Å². The number of carbonyl (C=O) groups is 1. The Bertz CT molecular complexity index is 391. The van der Waals surface area contributed by atoms with Gasteiger partial charge in [0.15, 0.2) is 0 Å². The number of carbonyl (C=O) groups excluding carboxylic acids is 1. The number of hydrogen-bond donors (Lipinski definition) is 1. The molecule has 0 heterocycles. The van der Waals surface area contributed by atoms with Crippen LogP contribution in [0.3, 0.4) is 0 Å². The van der Waals surface area contributed by atoms with Crippen molar-refractivity contribution in [2.45, 2.75) is 12.7 Å². The van der Waals surface area contributed by atoms with E-state index in [1.165, 1.54) is 12.0 Å². The molecule has 0 aliphatic carbocycles. The first-order valence-corrected chi connectivity index (χ1v) is 6.08. The van der Waals surface area contributed by atoms with E-state index < -0.39 is 6.10 Å². The molecule has 0 saturated carbocycles. The van der Waals surface area contributed by atoms with Gasteiger partial charge in [0.1, 0.15) is 0 Å². The van der Waals surface area contributed by atoms with Crippen molar-refractivity contribution in [3.8, 4) is 0 Å². The number of methoxy groups -OCH3 is 2. The van der Waals surface area contributed by atoms with Crippen molar-refractivity contribution in [3.05, 3.63) is 35.4 Å². The summed E-state index contributed by atoms with van der Waals surface area (Å²) in [5.74, 6) is -0.126. The number of aliphatic hydroxyl groups excluding tert-OH is 1. The molecule has 5 nitrogen and oxygen atoms in total. The smallest absolute Gasteiger partial charge is 0.253 e. The summed E-state index contributed by atoms with van der Waals surface area (Å²) in [5.41, 5.74) is 1.60. The molecular weight excluding hydrogens is 246 g/mol. The first-order chi connectivity index (χ1) is 9.08. The molecule has 0 radical (unpaired) electrons. The van der Waals surface area contributed by atoms with E-state index in [1.807, 2.05) is 12.1 Å². The number of likely N-dealkylation sites (N-methyl/N-ethyl adjacent to an activating group) is 1. The first-order valence-electron chi connectivity index (χ1n) is 6.08. The number of hydrogen-bond acceptors (Lipinski definition) is 4. The highest BCUT2D eigenvalue weighted by atomic mass is 16.5. The third kappa shape index (κ3) is 4.98. The van der Waals surface area contributed by atoms with Gasteiger partial charge in [-0.05, 0) is 17.7 Å². The summed E-state index contributed by atoms with van der Waals surface area (Å²) < 4.78 is 9.84. The Morgan fingerprint density at radius 2 is 1.89 bits per heavy atom. The summed E-state index contributed by atoms with van der Waals surface area (Å²) in [6.07, 6.45) is -0.674. The zero-order valence-electron chi connectivity index (χ0n) is 11.6. The van der Waals surface area contributed by atoms with Crippen LogP contribution in [0, 0.1) is 0 Å². The average Bonchev–Trinajstić information content (AvgIpc) is 2.39. The number of amides is 1. The molecule has 19 heavy (non-hydrogen) atoms. The van der Waals surface area contributed by atoms with Gasteiger partial charge >= 0.3 is 0 Å². The van der Waals surface area contributed by atoms with Gasteiger partial charge in [-0.2, -0.15) is 0 Å². The molecule has 1 unspecified atom stereocenters. The van der Waals surface area contributed by atoms with Gasteiger partial charge in [-0.1, -0.05) is 12.1 Å². The predicted octanol–water partition coefficient (Wildman–Crippen LogP) is 0.912. The number of benzene rings is 1. The van der Waals surface area contributed by atoms with Crippen molar-refractivity contribution >= 4 is 5.91 Å². The molecule has 1 N–H and O–H groups in total. The second-order valence-electron chi connectivity index (χ2n) is 4.42. The second-order valence-corrected chi connectivity index (χ2v) is 4.42. The Hall–Kier alpha value is -1.43. The summed E-state index contributed by atoms with van der Waals surface area (Å²) in [7, 11) is 4.80. The molecule has 0 aliphatic heterocycles. The summed E-state index contributed by atoms with van der Waals surface area (Å²) >= 11 is 0. The molecule has 0 fully saturated rings. The molecule has 0 spiro atoms. The summed E-state index contributed by atoms with van der Waals surface area (Å²) in [6, 6.07) is 7.23. The number of ether oxygens (including phenoxy) is 2. The quantitative estimate of drug-likeness (QED) is 0.798. The fraction of sp³-hybridized carbons (Fsp3) is 0.500. The lowest BCUT2D eigenvalue weighted by Crippen LogP contribution is -2.36. The minimum Gasteiger partial charge on any atom is -0.389 e. The minimum absolute atomic E-state index is 0.126. The Morgan fingerprint density at radius 3 is 2.42 bits per heavy atom. The lowest BCUT2D eigenvalue weighted by Gasteiger charge is -2.20. The Kier molecular flexibility index (Phi) is 6.49. The number of aliphatic hydroxyl groups is 1. The monoisotopic (exact) mass is 267 g/mol. The molecule has 0 aliphatic rings. The Morgan fingerprint density at radius 1 is 1.26 bits per heavy atom. The fourth-order valence-corrected chi connectivity index (χ4v) is 1.77. The minimum atomic E-state index is -0.674. The molecule has 1 aromatic carbocycles. The maximum Gasteiger partial charge on any atom is 0.253 e. The predicted molar refractivity (Wildman–Crippen MR) is 72.0 cm³/mol. The van der Waals surface area contributed by atoms with Crippen LogP contribution < -0.4 is 0 Å². The summed E-state index contributed by atoms with van der Waals surface area (Å²) in [6.45, 7) is 0.980. The van der Waals surface area contributed by atoms with Crippen molar-refractivity contribution < 1.29 is 19.4 Å². The number of rotatable bonds is 7. The summed E-state index contributed by atoms with van der Waals surface area (Å²) in [5, 5.41) is 9.59. The van der Waals surface area contributed by atoms with Gasteiger partial charge in [0.05, 0.1) is 19.3 Å². The van der Waals surface area contributed by atoms with Gasteiger partial charge < -0.3 is 19.5 Å². The molecule has 0 bridgehead atoms. The maximum atomic E-state index is 12.1. The first kappa shape index (κ1) is 15.6. The van der Waals surface area contributed by atoms with E-state index in [2.05, 4.69) is 0 Å². The fourth-order valence-electron chi connectivity index (χ4n) is 1.77. The van der Waals surface area contributed by atoms with Gasteiger partial charge in [0.25, 0.3) is 5.91 Å². The zero-order chi connectivity index (χ0) is 14.3. The van der Waals surface area contributed by atoms with Gasteiger partial charge in [0, 0.05) is 33.4 Å². The van der Waals surface area contributed by atoms with Crippen LogP contribution in [-0.2, 0) is 16.1 Å². The molecule has 5 heteroatoms. The molecule has 0 saturated heterocycles. The molecule has 1 amide bonds. The van der Waals surface area contributed by atoms with Crippen LogP contribution in [0.15, 0.2) is 24.3 Å². The Labute approximate surface area is 113 Å². The van der Waals surface area contributed by atoms with E-state index in [0.29, 0.717) is 12.2 Å². The van der Waals surface area contributed by atoms with Gasteiger partial charge in [-0.25, -0.2) is 0 Å². The van der Waals surface area contributed by atoms with Crippen molar-refractivity contribution in [1.82, 2.24) is 4.90 Å². The molecule has 1 atom stereocenters. The third-order valence-corrected chi connectivity index (χ3v) is 2.70. The normalized spacial score (nSPS) is 12.2. The van der Waals surface area contributed by atoms with E-state index in [0.717, 1.165) is 5.56 Å². The lowest BCUT2D eigenvalue weighted by atomic mass is 10.1. The standard InChI is InChI=1S/C14H21NO4/c1-15(8-13(16)10-19-3)14(17)12-6-4-11(5-7-12)9-18-2/h4-7,13,16H,8-10H2,1-3H3. The van der Waals surface area contributed by atoms with Crippen LogP contribution >= 0.6 is 0 Å². The Balaban J connectivity index is 2.60. The van der Waals surface area contributed by atoms with Crippen molar-refractivity contribution in [3.63, 3.8) is 0 Å². The molecule has 106 valence electrons. The largest absolute Gasteiger partial charge is 0.389 e. The lowest BCUT2D eigenvalue weighted by molar-refractivity contribution is 0.0380. The van der Waals surface area contributed by atoms with Gasteiger partial charge in [-0.3, -0.25) is 4.79 Å². The molecule has 1 rings (SSSR count). The van der Waals surface area contributed by atoms with Crippen LogP contribution in [0.5, 0.6) is 0 Å². The topological polar surface area (TPSA) is 59.0 Å². The average molecular weight is 267 g/mol. The van der Waals surface area contributed by atoms with Crippen LogP contribution in [0.1, 0.15) is 15.9 Å². The molecule has 0 aromatic heterocycles. The maximum absolute atomic E-state index is 12.1. The summed E-state index contributed by atoms with van der Waals surface area (Å²) in [4.78, 5) is 13.6. The van der Waals surface area contributed by atoms with E-state index in [1.54, 1.807) is 26.3 Å². The number of nitrogens with zero attached hydrogens (tertiary/aromatic N) is 1. The molecule has 1 aromatic rings. The van der Waals surface area contributed by atoms with Crippen molar-refractivity contribution in [2.75, 3.05) is 34.4 Å². The van der Waals surface area contributed by atoms with E-state index in [-0.39, 0.29) is 19.1 Å². The highest BCUT2D eigenvalue weighted by Gasteiger charge is 2.15.